The van der Waals surface area contributed by atoms with Crippen LogP contribution in [-0.2, 0) is 0 Å². The Labute approximate surface area is 105 Å². The van der Waals surface area contributed by atoms with E-state index in [2.05, 4.69) is 0 Å². The van der Waals surface area contributed by atoms with Crippen molar-refractivity contribution in [2.45, 2.75) is 19.9 Å². The standard InChI is InChI=1S/C15H15F2N/c1-9-12(4-3-5-15(9)17)14-8-11(16)6-7-13(14)10(2)18/h3-8,10H,18H2,1-2H3. The minimum atomic E-state index is -0.349. The van der Waals surface area contributed by atoms with Crippen molar-refractivity contribution in [2.24, 2.45) is 5.73 Å². The van der Waals surface area contributed by atoms with Crippen molar-refractivity contribution in [3.8, 4) is 11.1 Å². The third-order valence-corrected chi connectivity index (χ3v) is 3.06. The van der Waals surface area contributed by atoms with Gasteiger partial charge in [-0.05, 0) is 54.3 Å². The summed E-state index contributed by atoms with van der Waals surface area (Å²) >= 11 is 0. The van der Waals surface area contributed by atoms with Gasteiger partial charge in [0, 0.05) is 6.04 Å². The van der Waals surface area contributed by atoms with Gasteiger partial charge in [0.1, 0.15) is 11.6 Å². The second-order valence-electron chi connectivity index (χ2n) is 4.43. The Hall–Kier alpha value is -1.74. The minimum absolute atomic E-state index is 0.233. The smallest absolute Gasteiger partial charge is 0.126 e. The van der Waals surface area contributed by atoms with Crippen LogP contribution >= 0.6 is 0 Å². The quantitative estimate of drug-likeness (QED) is 0.854. The molecule has 3 heteroatoms. The Morgan fingerprint density at radius 2 is 1.78 bits per heavy atom. The van der Waals surface area contributed by atoms with Gasteiger partial charge >= 0.3 is 0 Å². The van der Waals surface area contributed by atoms with Crippen LogP contribution in [0.5, 0.6) is 0 Å². The average molecular weight is 247 g/mol. The Kier molecular flexibility index (Phi) is 3.43. The van der Waals surface area contributed by atoms with Crippen molar-refractivity contribution in [1.82, 2.24) is 0 Å². The first-order valence-corrected chi connectivity index (χ1v) is 5.81. The summed E-state index contributed by atoms with van der Waals surface area (Å²) in [7, 11) is 0. The molecular formula is C15H15F2N. The molecule has 0 fully saturated rings. The zero-order chi connectivity index (χ0) is 13.3. The molecule has 0 saturated heterocycles. The molecule has 2 aromatic carbocycles. The van der Waals surface area contributed by atoms with Crippen molar-refractivity contribution in [3.05, 3.63) is 59.2 Å². The van der Waals surface area contributed by atoms with E-state index in [-0.39, 0.29) is 17.7 Å². The average Bonchev–Trinajstić information content (AvgIpc) is 2.32. The highest BCUT2D eigenvalue weighted by atomic mass is 19.1. The molecule has 0 heterocycles. The summed E-state index contributed by atoms with van der Waals surface area (Å²) in [5.41, 5.74) is 8.53. The number of halogens is 2. The number of rotatable bonds is 2. The monoisotopic (exact) mass is 247 g/mol. The van der Waals surface area contributed by atoms with Gasteiger partial charge in [-0.3, -0.25) is 0 Å². The third-order valence-electron chi connectivity index (χ3n) is 3.06. The normalized spacial score (nSPS) is 12.5. The molecular weight excluding hydrogens is 232 g/mol. The predicted molar refractivity (Wildman–Crippen MR) is 69.1 cm³/mol. The van der Waals surface area contributed by atoms with Gasteiger partial charge in [0.05, 0.1) is 0 Å². The van der Waals surface area contributed by atoms with Crippen LogP contribution in [0.15, 0.2) is 36.4 Å². The number of hydrogen-bond donors (Lipinski definition) is 1. The lowest BCUT2D eigenvalue weighted by Gasteiger charge is -2.15. The molecule has 0 bridgehead atoms. The molecule has 2 rings (SSSR count). The number of hydrogen-bond acceptors (Lipinski definition) is 1. The highest BCUT2D eigenvalue weighted by molar-refractivity contribution is 5.71. The maximum absolute atomic E-state index is 13.6. The third kappa shape index (κ3) is 2.27. The fourth-order valence-electron chi connectivity index (χ4n) is 2.06. The SMILES string of the molecule is Cc1c(F)cccc1-c1cc(F)ccc1C(C)N. The zero-order valence-electron chi connectivity index (χ0n) is 10.4. The maximum Gasteiger partial charge on any atom is 0.126 e. The summed E-state index contributed by atoms with van der Waals surface area (Å²) in [4.78, 5) is 0. The Balaban J connectivity index is 2.69. The van der Waals surface area contributed by atoms with E-state index in [9.17, 15) is 8.78 Å². The van der Waals surface area contributed by atoms with Crippen LogP contribution < -0.4 is 5.73 Å². The fourth-order valence-corrected chi connectivity index (χ4v) is 2.06. The van der Waals surface area contributed by atoms with Gasteiger partial charge < -0.3 is 5.73 Å². The lowest BCUT2D eigenvalue weighted by Crippen LogP contribution is -2.07. The van der Waals surface area contributed by atoms with Gasteiger partial charge in [0.15, 0.2) is 0 Å². The van der Waals surface area contributed by atoms with E-state index < -0.39 is 0 Å². The minimum Gasteiger partial charge on any atom is -0.324 e. The Bertz CT molecular complexity index is 577. The van der Waals surface area contributed by atoms with E-state index in [1.165, 1.54) is 18.2 Å². The molecule has 0 aliphatic rings. The van der Waals surface area contributed by atoms with E-state index in [4.69, 9.17) is 5.73 Å². The van der Waals surface area contributed by atoms with Gasteiger partial charge in [-0.2, -0.15) is 0 Å². The number of benzene rings is 2. The summed E-state index contributed by atoms with van der Waals surface area (Å²) < 4.78 is 27.0. The molecule has 1 nitrogen and oxygen atoms in total. The highest BCUT2D eigenvalue weighted by Gasteiger charge is 2.13. The lowest BCUT2D eigenvalue weighted by atomic mass is 9.93. The molecule has 2 aromatic rings. The van der Waals surface area contributed by atoms with Gasteiger partial charge in [-0.1, -0.05) is 18.2 Å². The lowest BCUT2D eigenvalue weighted by molar-refractivity contribution is 0.618. The molecule has 1 unspecified atom stereocenters. The summed E-state index contributed by atoms with van der Waals surface area (Å²) in [5, 5.41) is 0. The van der Waals surface area contributed by atoms with Crippen LogP contribution in [0.2, 0.25) is 0 Å². The van der Waals surface area contributed by atoms with E-state index >= 15 is 0 Å². The molecule has 0 radical (unpaired) electrons. The Morgan fingerprint density at radius 1 is 1.06 bits per heavy atom. The van der Waals surface area contributed by atoms with Crippen molar-refractivity contribution in [2.75, 3.05) is 0 Å². The van der Waals surface area contributed by atoms with E-state index in [1.807, 2.05) is 6.92 Å². The zero-order valence-corrected chi connectivity index (χ0v) is 10.4. The predicted octanol–water partition coefficient (Wildman–Crippen LogP) is 3.96. The summed E-state index contributed by atoms with van der Waals surface area (Å²) in [6.07, 6.45) is 0. The molecule has 94 valence electrons. The molecule has 0 aliphatic heterocycles. The number of nitrogens with two attached hydrogens (primary N) is 1. The molecule has 0 saturated carbocycles. The van der Waals surface area contributed by atoms with Gasteiger partial charge in [-0.25, -0.2) is 8.78 Å². The molecule has 2 N–H and O–H groups in total. The van der Waals surface area contributed by atoms with Gasteiger partial charge in [0.2, 0.25) is 0 Å². The van der Waals surface area contributed by atoms with Crippen molar-refractivity contribution >= 4 is 0 Å². The van der Waals surface area contributed by atoms with Crippen LogP contribution in [0.3, 0.4) is 0 Å². The first-order valence-electron chi connectivity index (χ1n) is 5.81. The second kappa shape index (κ2) is 4.86. The van der Waals surface area contributed by atoms with Crippen LogP contribution in [0.4, 0.5) is 8.78 Å². The molecule has 18 heavy (non-hydrogen) atoms. The van der Waals surface area contributed by atoms with E-state index in [0.717, 1.165) is 5.56 Å². The first-order chi connectivity index (χ1) is 8.50. The van der Waals surface area contributed by atoms with Crippen molar-refractivity contribution < 1.29 is 8.78 Å². The molecule has 0 aromatic heterocycles. The van der Waals surface area contributed by atoms with Gasteiger partial charge in [0.25, 0.3) is 0 Å². The maximum atomic E-state index is 13.6. The van der Waals surface area contributed by atoms with Crippen LogP contribution in [0.1, 0.15) is 24.1 Å². The molecule has 1 atom stereocenters. The topological polar surface area (TPSA) is 26.0 Å². The molecule has 0 aliphatic carbocycles. The molecule has 0 spiro atoms. The summed E-state index contributed by atoms with van der Waals surface area (Å²) in [6.45, 7) is 3.51. The van der Waals surface area contributed by atoms with Crippen LogP contribution in [-0.4, -0.2) is 0 Å². The van der Waals surface area contributed by atoms with E-state index in [1.54, 1.807) is 25.1 Å². The Morgan fingerprint density at radius 3 is 2.44 bits per heavy atom. The van der Waals surface area contributed by atoms with E-state index in [0.29, 0.717) is 16.7 Å². The van der Waals surface area contributed by atoms with Crippen LogP contribution in [0.25, 0.3) is 11.1 Å². The second-order valence-corrected chi connectivity index (χ2v) is 4.43. The largest absolute Gasteiger partial charge is 0.324 e. The summed E-state index contributed by atoms with van der Waals surface area (Å²) in [6, 6.07) is 8.98. The fraction of sp³-hybridized carbons (Fsp3) is 0.200. The summed E-state index contributed by atoms with van der Waals surface area (Å²) in [5.74, 6) is -0.648. The van der Waals surface area contributed by atoms with Crippen LogP contribution in [0, 0.1) is 18.6 Å². The highest BCUT2D eigenvalue weighted by Crippen LogP contribution is 2.31. The van der Waals surface area contributed by atoms with Gasteiger partial charge in [-0.15, -0.1) is 0 Å². The van der Waals surface area contributed by atoms with Crippen molar-refractivity contribution in [1.29, 1.82) is 0 Å². The first kappa shape index (κ1) is 12.7. The van der Waals surface area contributed by atoms with Crippen molar-refractivity contribution in [3.63, 3.8) is 0 Å². The molecule has 0 amide bonds.